The van der Waals surface area contributed by atoms with Crippen molar-refractivity contribution in [1.82, 2.24) is 14.9 Å². The Kier molecular flexibility index (Phi) is 5.74. The van der Waals surface area contributed by atoms with Crippen LogP contribution in [-0.2, 0) is 23.5 Å². The lowest BCUT2D eigenvalue weighted by atomic mass is 10.2. The molecule has 1 amide bonds. The number of amides is 1. The Morgan fingerprint density at radius 3 is 2.61 bits per heavy atom. The van der Waals surface area contributed by atoms with Gasteiger partial charge in [0.05, 0.1) is 4.90 Å². The van der Waals surface area contributed by atoms with E-state index >= 15 is 0 Å². The van der Waals surface area contributed by atoms with Crippen molar-refractivity contribution in [2.45, 2.75) is 11.3 Å². The highest BCUT2D eigenvalue weighted by atomic mass is 32.2. The summed E-state index contributed by atoms with van der Waals surface area (Å²) >= 11 is 0. The first-order valence-electron chi connectivity index (χ1n) is 8.48. The summed E-state index contributed by atoms with van der Waals surface area (Å²) in [4.78, 5) is 16.5. The lowest BCUT2D eigenvalue weighted by Gasteiger charge is -2.10. The van der Waals surface area contributed by atoms with Gasteiger partial charge in [0.25, 0.3) is 15.9 Å². The number of rotatable bonds is 7. The topological polar surface area (TPSA) is 93.1 Å². The van der Waals surface area contributed by atoms with Crippen LogP contribution in [0.4, 0.5) is 10.1 Å². The third-order valence-electron chi connectivity index (χ3n) is 4.06. The predicted molar refractivity (Wildman–Crippen MR) is 103 cm³/mol. The largest absolute Gasteiger partial charge is 0.352 e. The minimum absolute atomic E-state index is 0.0615. The molecule has 0 fully saturated rings. The van der Waals surface area contributed by atoms with Crippen LogP contribution in [0, 0.1) is 5.82 Å². The Morgan fingerprint density at radius 2 is 1.93 bits per heavy atom. The zero-order valence-electron chi connectivity index (χ0n) is 15.1. The summed E-state index contributed by atoms with van der Waals surface area (Å²) in [6, 6.07) is 10.7. The fourth-order valence-electron chi connectivity index (χ4n) is 2.56. The average molecular weight is 402 g/mol. The summed E-state index contributed by atoms with van der Waals surface area (Å²) in [6.07, 6.45) is 4.05. The van der Waals surface area contributed by atoms with Gasteiger partial charge in [-0.3, -0.25) is 9.52 Å². The van der Waals surface area contributed by atoms with Gasteiger partial charge in [0, 0.05) is 43.7 Å². The van der Waals surface area contributed by atoms with Gasteiger partial charge in [-0.1, -0.05) is 6.07 Å². The maximum Gasteiger partial charge on any atom is 0.261 e. The molecule has 0 unspecified atom stereocenters. The molecule has 0 saturated carbocycles. The summed E-state index contributed by atoms with van der Waals surface area (Å²) in [5.41, 5.74) is 0.452. The van der Waals surface area contributed by atoms with Crippen molar-refractivity contribution in [2.75, 3.05) is 11.3 Å². The summed E-state index contributed by atoms with van der Waals surface area (Å²) in [5, 5.41) is 2.75. The number of anilines is 1. The molecule has 1 aromatic heterocycles. The van der Waals surface area contributed by atoms with E-state index in [1.54, 1.807) is 6.20 Å². The van der Waals surface area contributed by atoms with Crippen LogP contribution in [-0.4, -0.2) is 30.4 Å². The van der Waals surface area contributed by atoms with Crippen LogP contribution in [0.1, 0.15) is 16.2 Å². The second-order valence-corrected chi connectivity index (χ2v) is 7.78. The van der Waals surface area contributed by atoms with E-state index in [-0.39, 0.29) is 22.1 Å². The van der Waals surface area contributed by atoms with Gasteiger partial charge >= 0.3 is 0 Å². The predicted octanol–water partition coefficient (Wildman–Crippen LogP) is 2.33. The number of benzene rings is 2. The van der Waals surface area contributed by atoms with Crippen molar-refractivity contribution >= 4 is 21.6 Å². The van der Waals surface area contributed by atoms with E-state index < -0.39 is 15.8 Å². The molecule has 2 N–H and O–H groups in total. The molecular weight excluding hydrogens is 383 g/mol. The molecule has 2 aromatic carbocycles. The first kappa shape index (κ1) is 19.6. The quantitative estimate of drug-likeness (QED) is 0.634. The van der Waals surface area contributed by atoms with Crippen molar-refractivity contribution in [3.63, 3.8) is 0 Å². The SMILES string of the molecule is Cn1ccnc1CCNC(=O)c1cccc(S(=O)(=O)Nc2ccc(F)cc2)c1. The number of nitrogens with one attached hydrogen (secondary N) is 2. The molecule has 0 aliphatic carbocycles. The Hall–Kier alpha value is -3.20. The number of aryl methyl sites for hydroxylation is 1. The summed E-state index contributed by atoms with van der Waals surface area (Å²) in [6.45, 7) is 0.370. The van der Waals surface area contributed by atoms with E-state index in [9.17, 15) is 17.6 Å². The number of carbonyl (C=O) groups excluding carboxylic acids is 1. The highest BCUT2D eigenvalue weighted by Gasteiger charge is 2.16. The molecule has 0 saturated heterocycles. The Balaban J connectivity index is 1.67. The van der Waals surface area contributed by atoms with Gasteiger partial charge in [-0.15, -0.1) is 0 Å². The van der Waals surface area contributed by atoms with Crippen LogP contribution < -0.4 is 10.0 Å². The summed E-state index contributed by atoms with van der Waals surface area (Å²) < 4.78 is 42.2. The van der Waals surface area contributed by atoms with E-state index in [0.717, 1.165) is 18.0 Å². The minimum atomic E-state index is -3.91. The average Bonchev–Trinajstić information content (AvgIpc) is 3.08. The number of sulfonamides is 1. The fraction of sp³-hybridized carbons (Fsp3) is 0.158. The van der Waals surface area contributed by atoms with Crippen LogP contribution in [0.2, 0.25) is 0 Å². The van der Waals surface area contributed by atoms with Crippen molar-refractivity contribution < 1.29 is 17.6 Å². The zero-order chi connectivity index (χ0) is 20.1. The molecule has 0 bridgehead atoms. The molecule has 3 rings (SSSR count). The fourth-order valence-corrected chi connectivity index (χ4v) is 3.67. The van der Waals surface area contributed by atoms with E-state index in [1.807, 2.05) is 17.8 Å². The number of halogens is 1. The number of nitrogens with zero attached hydrogens (tertiary/aromatic N) is 2. The molecule has 0 radical (unpaired) electrons. The molecule has 28 heavy (non-hydrogen) atoms. The van der Waals surface area contributed by atoms with Crippen LogP contribution >= 0.6 is 0 Å². The van der Waals surface area contributed by atoms with Crippen molar-refractivity contribution in [1.29, 1.82) is 0 Å². The van der Waals surface area contributed by atoms with E-state index in [1.165, 1.54) is 36.4 Å². The smallest absolute Gasteiger partial charge is 0.261 e. The summed E-state index contributed by atoms with van der Waals surface area (Å²) in [7, 11) is -2.04. The van der Waals surface area contributed by atoms with Gasteiger partial charge in [0.2, 0.25) is 0 Å². The van der Waals surface area contributed by atoms with E-state index in [0.29, 0.717) is 13.0 Å². The molecule has 0 aliphatic heterocycles. The van der Waals surface area contributed by atoms with E-state index in [2.05, 4.69) is 15.0 Å². The zero-order valence-corrected chi connectivity index (χ0v) is 15.9. The molecule has 0 aliphatic rings. The van der Waals surface area contributed by atoms with Gasteiger partial charge in [-0.25, -0.2) is 17.8 Å². The monoisotopic (exact) mass is 402 g/mol. The van der Waals surface area contributed by atoms with Crippen LogP contribution in [0.25, 0.3) is 0 Å². The number of hydrogen-bond acceptors (Lipinski definition) is 4. The van der Waals surface area contributed by atoms with Crippen molar-refractivity contribution in [3.8, 4) is 0 Å². The van der Waals surface area contributed by atoms with Gasteiger partial charge in [0.1, 0.15) is 11.6 Å². The molecule has 0 spiro atoms. The maximum atomic E-state index is 13.0. The van der Waals surface area contributed by atoms with Crippen molar-refractivity contribution in [3.05, 3.63) is 78.1 Å². The first-order valence-corrected chi connectivity index (χ1v) is 9.96. The van der Waals surface area contributed by atoms with Crippen molar-refractivity contribution in [2.24, 2.45) is 7.05 Å². The highest BCUT2D eigenvalue weighted by Crippen LogP contribution is 2.17. The standard InChI is InChI=1S/C19H19FN4O3S/c1-24-12-11-21-18(24)9-10-22-19(25)14-3-2-4-17(13-14)28(26,27)23-16-7-5-15(20)6-8-16/h2-8,11-13,23H,9-10H2,1H3,(H,22,25). The Bertz CT molecular complexity index is 1080. The molecule has 1 heterocycles. The first-order chi connectivity index (χ1) is 13.3. The number of carbonyl (C=O) groups is 1. The van der Waals surface area contributed by atoms with Gasteiger partial charge in [-0.2, -0.15) is 0 Å². The lowest BCUT2D eigenvalue weighted by Crippen LogP contribution is -2.26. The Labute approximate surface area is 162 Å². The molecule has 0 atom stereocenters. The van der Waals surface area contributed by atoms with Crippen LogP contribution in [0.5, 0.6) is 0 Å². The van der Waals surface area contributed by atoms with Gasteiger partial charge in [0.15, 0.2) is 0 Å². The maximum absolute atomic E-state index is 13.0. The second kappa shape index (κ2) is 8.22. The lowest BCUT2D eigenvalue weighted by molar-refractivity contribution is 0.0953. The van der Waals surface area contributed by atoms with Crippen LogP contribution in [0.3, 0.4) is 0 Å². The number of aromatic nitrogens is 2. The molecular formula is C19H19FN4O3S. The summed E-state index contributed by atoms with van der Waals surface area (Å²) in [5.74, 6) is -0.0136. The van der Waals surface area contributed by atoms with E-state index in [4.69, 9.17) is 0 Å². The molecule has 3 aromatic rings. The van der Waals surface area contributed by atoms with Gasteiger partial charge in [-0.05, 0) is 42.5 Å². The minimum Gasteiger partial charge on any atom is -0.352 e. The third-order valence-corrected chi connectivity index (χ3v) is 5.44. The molecule has 7 nitrogen and oxygen atoms in total. The highest BCUT2D eigenvalue weighted by molar-refractivity contribution is 7.92. The Morgan fingerprint density at radius 1 is 1.18 bits per heavy atom. The normalized spacial score (nSPS) is 11.2. The van der Waals surface area contributed by atoms with Crippen LogP contribution in [0.15, 0.2) is 65.8 Å². The third kappa shape index (κ3) is 4.74. The van der Waals surface area contributed by atoms with Gasteiger partial charge < -0.3 is 9.88 Å². The molecule has 9 heteroatoms. The molecule has 146 valence electrons. The number of hydrogen-bond donors (Lipinski definition) is 2. The number of imidazole rings is 1. The second-order valence-electron chi connectivity index (χ2n) is 6.10.